The molecule has 1 unspecified atom stereocenters. The predicted octanol–water partition coefficient (Wildman–Crippen LogP) is 4.56. The van der Waals surface area contributed by atoms with Gasteiger partial charge < -0.3 is 24.5 Å². The standard InChI is InChI=1S/C23H33N3O3.HI/c1-23(2,12-16-27-3)17-25-22(24-13-10-18-7-6-14-28-18)26-20-11-15-29-21-9-5-4-8-19(20)21;/h4-9,14,20H,10-13,15-17H2,1-3H3,(H2,24,25,26);1H. The Morgan fingerprint density at radius 2 is 2.07 bits per heavy atom. The summed E-state index contributed by atoms with van der Waals surface area (Å²) in [4.78, 5) is 4.90. The molecule has 166 valence electrons. The number of nitrogens with zero attached hydrogens (tertiary/aromatic N) is 1. The minimum absolute atomic E-state index is 0. The zero-order valence-corrected chi connectivity index (χ0v) is 20.5. The van der Waals surface area contributed by atoms with Crippen LogP contribution >= 0.6 is 24.0 Å². The number of para-hydroxylation sites is 1. The van der Waals surface area contributed by atoms with Crippen LogP contribution in [0.4, 0.5) is 0 Å². The molecular weight excluding hydrogens is 493 g/mol. The van der Waals surface area contributed by atoms with Crippen LogP contribution in [0.2, 0.25) is 0 Å². The van der Waals surface area contributed by atoms with Crippen LogP contribution in [-0.2, 0) is 11.2 Å². The number of furan rings is 1. The Kier molecular flexibility index (Phi) is 9.97. The molecule has 2 heterocycles. The van der Waals surface area contributed by atoms with Gasteiger partial charge in [-0.15, -0.1) is 24.0 Å². The van der Waals surface area contributed by atoms with E-state index >= 15 is 0 Å². The molecule has 30 heavy (non-hydrogen) atoms. The molecule has 1 aliphatic rings. The second-order valence-electron chi connectivity index (χ2n) is 8.20. The molecule has 3 rings (SSSR count). The van der Waals surface area contributed by atoms with Gasteiger partial charge in [0.25, 0.3) is 0 Å². The van der Waals surface area contributed by atoms with Gasteiger partial charge in [0.1, 0.15) is 11.5 Å². The van der Waals surface area contributed by atoms with Crippen molar-refractivity contribution < 1.29 is 13.9 Å². The molecule has 2 aromatic rings. The summed E-state index contributed by atoms with van der Waals surface area (Å²) in [7, 11) is 1.74. The molecule has 0 radical (unpaired) electrons. The molecule has 7 heteroatoms. The van der Waals surface area contributed by atoms with Crippen LogP contribution in [0.25, 0.3) is 0 Å². The lowest BCUT2D eigenvalue weighted by molar-refractivity contribution is 0.155. The fourth-order valence-corrected chi connectivity index (χ4v) is 3.32. The molecule has 0 spiro atoms. The number of fused-ring (bicyclic) bond motifs is 1. The maximum Gasteiger partial charge on any atom is 0.191 e. The molecule has 1 aromatic heterocycles. The van der Waals surface area contributed by atoms with Gasteiger partial charge in [0, 0.05) is 45.2 Å². The smallest absolute Gasteiger partial charge is 0.191 e. The Morgan fingerprint density at radius 3 is 2.83 bits per heavy atom. The Hall–Kier alpha value is -1.74. The number of benzene rings is 1. The number of methoxy groups -OCH3 is 1. The lowest BCUT2D eigenvalue weighted by atomic mass is 9.90. The van der Waals surface area contributed by atoms with Crippen molar-refractivity contribution in [1.29, 1.82) is 0 Å². The summed E-state index contributed by atoms with van der Waals surface area (Å²) in [5.74, 6) is 2.74. The van der Waals surface area contributed by atoms with Crippen molar-refractivity contribution in [3.63, 3.8) is 0 Å². The monoisotopic (exact) mass is 527 g/mol. The van der Waals surface area contributed by atoms with E-state index in [-0.39, 0.29) is 35.4 Å². The molecular formula is C23H34IN3O3. The SMILES string of the molecule is COCCC(C)(C)CN=C(NCCc1ccco1)NC1CCOc2ccccc21.I. The highest BCUT2D eigenvalue weighted by Crippen LogP contribution is 2.31. The molecule has 0 aliphatic carbocycles. The van der Waals surface area contributed by atoms with E-state index in [2.05, 4.69) is 36.6 Å². The first-order valence-electron chi connectivity index (χ1n) is 10.4. The highest BCUT2D eigenvalue weighted by atomic mass is 127. The first-order valence-corrected chi connectivity index (χ1v) is 10.4. The van der Waals surface area contributed by atoms with Crippen LogP contribution in [0.15, 0.2) is 52.1 Å². The molecule has 1 atom stereocenters. The van der Waals surface area contributed by atoms with E-state index in [1.807, 2.05) is 24.3 Å². The van der Waals surface area contributed by atoms with Crippen LogP contribution < -0.4 is 15.4 Å². The summed E-state index contributed by atoms with van der Waals surface area (Å²) in [5.41, 5.74) is 1.25. The fourth-order valence-electron chi connectivity index (χ4n) is 3.32. The van der Waals surface area contributed by atoms with Gasteiger partial charge in [-0.3, -0.25) is 4.99 Å². The number of nitrogens with one attached hydrogen (secondary N) is 2. The van der Waals surface area contributed by atoms with E-state index < -0.39 is 0 Å². The van der Waals surface area contributed by atoms with E-state index in [0.29, 0.717) is 6.61 Å². The second-order valence-corrected chi connectivity index (χ2v) is 8.20. The van der Waals surface area contributed by atoms with Crippen molar-refractivity contribution in [3.05, 3.63) is 54.0 Å². The summed E-state index contributed by atoms with van der Waals surface area (Å²) in [6, 6.07) is 12.3. The van der Waals surface area contributed by atoms with E-state index in [0.717, 1.165) is 56.4 Å². The van der Waals surface area contributed by atoms with E-state index in [1.54, 1.807) is 13.4 Å². The van der Waals surface area contributed by atoms with Gasteiger partial charge in [-0.05, 0) is 30.0 Å². The first-order chi connectivity index (χ1) is 14.1. The molecule has 1 aromatic carbocycles. The topological polar surface area (TPSA) is 68.0 Å². The van der Waals surface area contributed by atoms with Crippen molar-refractivity contribution in [3.8, 4) is 5.75 Å². The number of halogens is 1. The van der Waals surface area contributed by atoms with Gasteiger partial charge in [-0.1, -0.05) is 32.0 Å². The predicted molar refractivity (Wildman–Crippen MR) is 131 cm³/mol. The van der Waals surface area contributed by atoms with Gasteiger partial charge >= 0.3 is 0 Å². The van der Waals surface area contributed by atoms with E-state index in [1.165, 1.54) is 5.56 Å². The van der Waals surface area contributed by atoms with Gasteiger partial charge in [0.15, 0.2) is 5.96 Å². The van der Waals surface area contributed by atoms with Crippen LogP contribution in [-0.4, -0.2) is 39.4 Å². The van der Waals surface area contributed by atoms with Gasteiger partial charge in [0.05, 0.1) is 18.9 Å². The molecule has 0 fully saturated rings. The Labute approximate surface area is 196 Å². The van der Waals surface area contributed by atoms with Crippen LogP contribution in [0.3, 0.4) is 0 Å². The highest BCUT2D eigenvalue weighted by molar-refractivity contribution is 14.0. The van der Waals surface area contributed by atoms with Crippen LogP contribution in [0, 0.1) is 5.41 Å². The average Bonchev–Trinajstić information content (AvgIpc) is 3.24. The second kappa shape index (κ2) is 12.2. The summed E-state index contributed by atoms with van der Waals surface area (Å²) >= 11 is 0. The maximum absolute atomic E-state index is 5.80. The number of aliphatic imine (C=N–C) groups is 1. The van der Waals surface area contributed by atoms with Crippen molar-refractivity contribution in [1.82, 2.24) is 10.6 Å². The molecule has 0 amide bonds. The Balaban J connectivity index is 0.00000320. The van der Waals surface area contributed by atoms with Crippen molar-refractivity contribution in [2.45, 2.75) is 39.2 Å². The Morgan fingerprint density at radius 1 is 1.23 bits per heavy atom. The molecule has 0 saturated heterocycles. The van der Waals surface area contributed by atoms with Crippen molar-refractivity contribution in [2.24, 2.45) is 10.4 Å². The molecule has 0 bridgehead atoms. The fraction of sp³-hybridized carbons (Fsp3) is 0.522. The summed E-state index contributed by atoms with van der Waals surface area (Å²) in [5, 5.41) is 7.09. The summed E-state index contributed by atoms with van der Waals surface area (Å²) in [6.45, 7) is 7.36. The molecule has 1 aliphatic heterocycles. The minimum atomic E-state index is 0. The zero-order chi connectivity index (χ0) is 20.5. The van der Waals surface area contributed by atoms with Gasteiger partial charge in [0.2, 0.25) is 0 Å². The maximum atomic E-state index is 5.80. The number of hydrogen-bond acceptors (Lipinski definition) is 4. The number of hydrogen-bond donors (Lipinski definition) is 2. The van der Waals surface area contributed by atoms with Crippen molar-refractivity contribution in [2.75, 3.05) is 33.4 Å². The van der Waals surface area contributed by atoms with Gasteiger partial charge in [-0.2, -0.15) is 0 Å². The normalized spacial score (nSPS) is 16.2. The third kappa shape index (κ3) is 7.50. The number of guanidine groups is 1. The van der Waals surface area contributed by atoms with Crippen LogP contribution in [0.5, 0.6) is 5.75 Å². The van der Waals surface area contributed by atoms with Gasteiger partial charge in [-0.25, -0.2) is 0 Å². The largest absolute Gasteiger partial charge is 0.493 e. The molecule has 2 N–H and O–H groups in total. The third-order valence-corrected chi connectivity index (χ3v) is 5.16. The minimum Gasteiger partial charge on any atom is -0.493 e. The average molecular weight is 527 g/mol. The van der Waals surface area contributed by atoms with Crippen LogP contribution in [0.1, 0.15) is 44.1 Å². The summed E-state index contributed by atoms with van der Waals surface area (Å²) in [6.07, 6.45) is 4.39. The van der Waals surface area contributed by atoms with Crippen molar-refractivity contribution >= 4 is 29.9 Å². The quantitative estimate of drug-likeness (QED) is 0.284. The number of rotatable bonds is 9. The lowest BCUT2D eigenvalue weighted by Crippen LogP contribution is -2.42. The lowest BCUT2D eigenvalue weighted by Gasteiger charge is -2.29. The summed E-state index contributed by atoms with van der Waals surface area (Å²) < 4.78 is 16.5. The Bertz CT molecular complexity index is 778. The molecule has 0 saturated carbocycles. The third-order valence-electron chi connectivity index (χ3n) is 5.16. The van der Waals surface area contributed by atoms with E-state index in [9.17, 15) is 0 Å². The number of ether oxygens (including phenoxy) is 2. The highest BCUT2D eigenvalue weighted by Gasteiger charge is 2.23. The molecule has 6 nitrogen and oxygen atoms in total. The van der Waals surface area contributed by atoms with E-state index in [4.69, 9.17) is 18.9 Å². The zero-order valence-electron chi connectivity index (χ0n) is 18.1. The first kappa shape index (κ1) is 24.5.